The lowest BCUT2D eigenvalue weighted by Gasteiger charge is -2.32. The molecule has 1 aromatic rings. The van der Waals surface area contributed by atoms with Crippen LogP contribution in [0.4, 0.5) is 5.69 Å². The monoisotopic (exact) mass is 392 g/mol. The molecule has 1 aliphatic rings. The van der Waals surface area contributed by atoms with Gasteiger partial charge in [-0.1, -0.05) is 36.2 Å². The van der Waals surface area contributed by atoms with Gasteiger partial charge in [0.05, 0.1) is 22.0 Å². The number of anilines is 1. The Morgan fingerprint density at radius 1 is 1.38 bits per heavy atom. The topological polar surface area (TPSA) is 57.7 Å². The van der Waals surface area contributed by atoms with Gasteiger partial charge < -0.3 is 4.90 Å². The quantitative estimate of drug-likeness (QED) is 0.771. The predicted molar refractivity (Wildman–Crippen MR) is 98.2 cm³/mol. The summed E-state index contributed by atoms with van der Waals surface area (Å²) in [4.78, 5) is 14.2. The standard InChI is InChI=1S/C16H22Cl2N2O3S/c1-12-5-4-9-19(11-12)15(21)8-10-20(24(2,22)23)14-7-3-6-13(17)16(14)18/h3,6-7,12H,4-5,8-11H2,1-2H3. The number of piperidine rings is 1. The van der Waals surface area contributed by atoms with Crippen molar-refractivity contribution in [2.24, 2.45) is 5.92 Å². The molecular formula is C16H22Cl2N2O3S. The van der Waals surface area contributed by atoms with Gasteiger partial charge in [-0.3, -0.25) is 9.10 Å². The van der Waals surface area contributed by atoms with Gasteiger partial charge in [0.2, 0.25) is 15.9 Å². The van der Waals surface area contributed by atoms with Crippen LogP contribution in [0.25, 0.3) is 0 Å². The largest absolute Gasteiger partial charge is 0.342 e. The maximum Gasteiger partial charge on any atom is 0.232 e. The number of likely N-dealkylation sites (tertiary alicyclic amines) is 1. The number of carbonyl (C=O) groups is 1. The molecular weight excluding hydrogens is 371 g/mol. The minimum Gasteiger partial charge on any atom is -0.342 e. The molecule has 1 fully saturated rings. The molecule has 0 N–H and O–H groups in total. The summed E-state index contributed by atoms with van der Waals surface area (Å²) < 4.78 is 25.4. The van der Waals surface area contributed by atoms with Crippen molar-refractivity contribution in [2.45, 2.75) is 26.2 Å². The third kappa shape index (κ3) is 4.77. The van der Waals surface area contributed by atoms with E-state index in [-0.39, 0.29) is 28.9 Å². The summed E-state index contributed by atoms with van der Waals surface area (Å²) in [7, 11) is -3.57. The molecule has 0 spiro atoms. The van der Waals surface area contributed by atoms with Crippen molar-refractivity contribution in [1.29, 1.82) is 0 Å². The fourth-order valence-electron chi connectivity index (χ4n) is 2.92. The molecule has 0 radical (unpaired) electrons. The van der Waals surface area contributed by atoms with Crippen LogP contribution in [0.5, 0.6) is 0 Å². The van der Waals surface area contributed by atoms with Crippen molar-refractivity contribution in [3.8, 4) is 0 Å². The van der Waals surface area contributed by atoms with Crippen LogP contribution in [-0.2, 0) is 14.8 Å². The molecule has 0 aliphatic carbocycles. The van der Waals surface area contributed by atoms with Crippen molar-refractivity contribution in [3.63, 3.8) is 0 Å². The molecule has 2 rings (SSSR count). The minimum atomic E-state index is -3.57. The molecule has 1 atom stereocenters. The van der Waals surface area contributed by atoms with Crippen LogP contribution in [0.1, 0.15) is 26.2 Å². The molecule has 134 valence electrons. The van der Waals surface area contributed by atoms with Crippen molar-refractivity contribution >= 4 is 44.8 Å². The van der Waals surface area contributed by atoms with Gasteiger partial charge >= 0.3 is 0 Å². The Hall–Kier alpha value is -0.980. The summed E-state index contributed by atoms with van der Waals surface area (Å²) in [6.45, 7) is 3.63. The first-order chi connectivity index (χ1) is 11.2. The van der Waals surface area contributed by atoms with Gasteiger partial charge in [-0.05, 0) is 30.9 Å². The molecule has 1 saturated heterocycles. The second-order valence-corrected chi connectivity index (χ2v) is 8.94. The molecule has 8 heteroatoms. The Bertz CT molecular complexity index is 709. The number of benzene rings is 1. The summed E-state index contributed by atoms with van der Waals surface area (Å²) in [5, 5.41) is 0.447. The maximum absolute atomic E-state index is 12.4. The number of nitrogens with zero attached hydrogens (tertiary/aromatic N) is 2. The summed E-state index contributed by atoms with van der Waals surface area (Å²) in [5.74, 6) is 0.449. The van der Waals surface area contributed by atoms with E-state index in [0.717, 1.165) is 36.5 Å². The third-order valence-corrected chi connectivity index (χ3v) is 6.13. The van der Waals surface area contributed by atoms with Crippen LogP contribution in [0, 0.1) is 5.92 Å². The number of hydrogen-bond acceptors (Lipinski definition) is 3. The average molecular weight is 393 g/mol. The highest BCUT2D eigenvalue weighted by Gasteiger charge is 2.25. The van der Waals surface area contributed by atoms with E-state index in [1.807, 2.05) is 4.90 Å². The normalized spacial score (nSPS) is 18.5. The van der Waals surface area contributed by atoms with Crippen molar-refractivity contribution in [1.82, 2.24) is 4.90 Å². The van der Waals surface area contributed by atoms with Gasteiger partial charge in [0.15, 0.2) is 0 Å². The van der Waals surface area contributed by atoms with Crippen LogP contribution in [0.15, 0.2) is 18.2 Å². The SMILES string of the molecule is CC1CCCN(C(=O)CCN(c2cccc(Cl)c2Cl)S(C)(=O)=O)C1. The van der Waals surface area contributed by atoms with Crippen LogP contribution < -0.4 is 4.31 Å². The predicted octanol–water partition coefficient (Wildman–Crippen LogP) is 3.41. The smallest absolute Gasteiger partial charge is 0.232 e. The highest BCUT2D eigenvalue weighted by Crippen LogP contribution is 2.33. The van der Waals surface area contributed by atoms with E-state index in [1.54, 1.807) is 18.2 Å². The molecule has 1 aromatic carbocycles. The third-order valence-electron chi connectivity index (χ3n) is 4.14. The first kappa shape index (κ1) is 19.3. The summed E-state index contributed by atoms with van der Waals surface area (Å²) in [5.41, 5.74) is 0.298. The zero-order valence-electron chi connectivity index (χ0n) is 13.8. The zero-order chi connectivity index (χ0) is 17.9. The van der Waals surface area contributed by atoms with Gasteiger partial charge in [-0.15, -0.1) is 0 Å². The average Bonchev–Trinajstić information content (AvgIpc) is 2.50. The van der Waals surface area contributed by atoms with Gasteiger partial charge in [0.1, 0.15) is 0 Å². The van der Waals surface area contributed by atoms with Crippen LogP contribution >= 0.6 is 23.2 Å². The second kappa shape index (κ2) is 7.93. The van der Waals surface area contributed by atoms with Gasteiger partial charge in [-0.25, -0.2) is 8.42 Å². The van der Waals surface area contributed by atoms with Crippen LogP contribution in [0.2, 0.25) is 10.0 Å². The molecule has 0 aromatic heterocycles. The molecule has 1 amide bonds. The molecule has 5 nitrogen and oxygen atoms in total. The van der Waals surface area contributed by atoms with E-state index in [1.165, 1.54) is 0 Å². The Kier molecular flexibility index (Phi) is 6.39. The lowest BCUT2D eigenvalue weighted by atomic mass is 10.00. The Labute approximate surface area is 153 Å². The number of sulfonamides is 1. The first-order valence-corrected chi connectivity index (χ1v) is 10.5. The van der Waals surface area contributed by atoms with E-state index in [2.05, 4.69) is 6.92 Å². The van der Waals surface area contributed by atoms with Crippen molar-refractivity contribution in [2.75, 3.05) is 30.2 Å². The Balaban J connectivity index is 2.13. The van der Waals surface area contributed by atoms with E-state index in [9.17, 15) is 13.2 Å². The van der Waals surface area contributed by atoms with Crippen LogP contribution in [0.3, 0.4) is 0 Å². The summed E-state index contributed by atoms with van der Waals surface area (Å²) in [6.07, 6.45) is 3.32. The summed E-state index contributed by atoms with van der Waals surface area (Å²) in [6, 6.07) is 4.81. The lowest BCUT2D eigenvalue weighted by Crippen LogP contribution is -2.41. The van der Waals surface area contributed by atoms with E-state index < -0.39 is 10.0 Å². The number of halogens is 2. The number of amides is 1. The van der Waals surface area contributed by atoms with E-state index in [4.69, 9.17) is 23.2 Å². The first-order valence-electron chi connectivity index (χ1n) is 7.89. The number of carbonyl (C=O) groups excluding carboxylic acids is 1. The molecule has 24 heavy (non-hydrogen) atoms. The lowest BCUT2D eigenvalue weighted by molar-refractivity contribution is -0.132. The van der Waals surface area contributed by atoms with Crippen LogP contribution in [-0.4, -0.2) is 45.1 Å². The van der Waals surface area contributed by atoms with E-state index in [0.29, 0.717) is 11.6 Å². The van der Waals surface area contributed by atoms with Crippen molar-refractivity contribution in [3.05, 3.63) is 28.2 Å². The van der Waals surface area contributed by atoms with Gasteiger partial charge in [0.25, 0.3) is 0 Å². The molecule has 0 bridgehead atoms. The Morgan fingerprint density at radius 2 is 2.08 bits per heavy atom. The summed E-state index contributed by atoms with van der Waals surface area (Å²) >= 11 is 12.1. The number of hydrogen-bond donors (Lipinski definition) is 0. The highest BCUT2D eigenvalue weighted by molar-refractivity contribution is 7.92. The number of rotatable bonds is 5. The molecule has 1 heterocycles. The van der Waals surface area contributed by atoms with Gasteiger partial charge in [-0.2, -0.15) is 0 Å². The molecule has 1 unspecified atom stereocenters. The molecule has 1 aliphatic heterocycles. The maximum atomic E-state index is 12.4. The van der Waals surface area contributed by atoms with Gasteiger partial charge in [0, 0.05) is 26.1 Å². The fourth-order valence-corrected chi connectivity index (χ4v) is 4.30. The zero-order valence-corrected chi connectivity index (χ0v) is 16.2. The minimum absolute atomic E-state index is 0.0339. The Morgan fingerprint density at radius 3 is 2.71 bits per heavy atom. The second-order valence-electron chi connectivity index (χ2n) is 6.25. The highest BCUT2D eigenvalue weighted by atomic mass is 35.5. The fraction of sp³-hybridized carbons (Fsp3) is 0.562. The van der Waals surface area contributed by atoms with Crippen molar-refractivity contribution < 1.29 is 13.2 Å². The van der Waals surface area contributed by atoms with E-state index >= 15 is 0 Å². The molecule has 0 saturated carbocycles.